The minimum atomic E-state index is 0.0878. The van der Waals surface area contributed by atoms with Gasteiger partial charge in [-0.15, -0.1) is 0 Å². The highest BCUT2D eigenvalue weighted by Gasteiger charge is 2.43. The smallest absolute Gasteiger partial charge is 0.207 e. The van der Waals surface area contributed by atoms with Gasteiger partial charge >= 0.3 is 0 Å². The van der Waals surface area contributed by atoms with Gasteiger partial charge in [0.15, 0.2) is 0 Å². The number of benzene rings is 1. The lowest BCUT2D eigenvalue weighted by molar-refractivity contribution is -0.109. The topological polar surface area (TPSA) is 95.0 Å². The van der Waals surface area contributed by atoms with Gasteiger partial charge in [0.05, 0.1) is 25.0 Å². The third-order valence-corrected chi connectivity index (χ3v) is 6.38. The number of nitrogens with one attached hydrogen (secondary N) is 3. The summed E-state index contributed by atoms with van der Waals surface area (Å²) in [7, 11) is 0. The summed E-state index contributed by atoms with van der Waals surface area (Å²) in [5, 5.41) is 21.0. The molecule has 4 rings (SSSR count). The molecule has 0 radical (unpaired) electrons. The van der Waals surface area contributed by atoms with Gasteiger partial charge in [0.2, 0.25) is 6.41 Å². The Morgan fingerprint density at radius 2 is 2.23 bits per heavy atom. The number of carbonyl (C=O) groups is 1. The Balaban J connectivity index is 1.39. The van der Waals surface area contributed by atoms with Gasteiger partial charge in [0, 0.05) is 30.0 Å². The molecule has 1 fully saturated rings. The predicted molar refractivity (Wildman–Crippen MR) is 118 cm³/mol. The highest BCUT2D eigenvalue weighted by Crippen LogP contribution is 2.48. The molecule has 1 saturated carbocycles. The number of anilines is 1. The minimum Gasteiger partial charge on any atom is -0.394 e. The third-order valence-electron chi connectivity index (χ3n) is 6.38. The number of aryl methyl sites for hydroxylation is 2. The van der Waals surface area contributed by atoms with Crippen LogP contribution in [0, 0.1) is 12.3 Å². The van der Waals surface area contributed by atoms with Crippen molar-refractivity contribution >= 4 is 23.0 Å². The molecule has 160 valence electrons. The summed E-state index contributed by atoms with van der Waals surface area (Å²) in [4.78, 5) is 14.2. The number of H-pyrrole nitrogens is 1. The lowest BCUT2D eigenvalue weighted by Gasteiger charge is -2.49. The predicted octanol–water partition coefficient (Wildman–Crippen LogP) is 2.99. The zero-order valence-corrected chi connectivity index (χ0v) is 17.5. The molecule has 7 nitrogen and oxygen atoms in total. The highest BCUT2D eigenvalue weighted by molar-refractivity contribution is 5.83. The lowest BCUT2D eigenvalue weighted by atomic mass is 9.61. The molecule has 0 unspecified atom stereocenters. The molecule has 0 atom stereocenters. The summed E-state index contributed by atoms with van der Waals surface area (Å²) < 4.78 is 1.75. The van der Waals surface area contributed by atoms with E-state index >= 15 is 0 Å². The number of nitrogens with zero attached hydrogens (tertiary/aromatic N) is 2. The van der Waals surface area contributed by atoms with Crippen LogP contribution in [0.4, 0.5) is 5.69 Å². The Labute approximate surface area is 176 Å². The summed E-state index contributed by atoms with van der Waals surface area (Å²) in [5.41, 5.74) is 5.04. The first-order valence-corrected chi connectivity index (χ1v) is 10.7. The first-order valence-electron chi connectivity index (χ1n) is 10.7. The van der Waals surface area contributed by atoms with Crippen molar-refractivity contribution in [1.82, 2.24) is 20.1 Å². The molecule has 0 saturated heterocycles. The molecular formula is C23H31N5O2. The third kappa shape index (κ3) is 4.51. The minimum absolute atomic E-state index is 0.0878. The standard InChI is InChI=1S/C23H31N5O2/c1-17-11-19-4-2-3-18(22(19)26-17)5-6-23(7-8-24-16-30)12-20(13-23)27-21-14-25-28(15-21)9-10-29/h2-4,11,14-16,20,26-27,29H,5-10,12-13H2,1H3,(H,24,30). The highest BCUT2D eigenvalue weighted by atomic mass is 16.3. The maximum atomic E-state index is 10.7. The van der Waals surface area contributed by atoms with Gasteiger partial charge in [-0.1, -0.05) is 18.2 Å². The van der Waals surface area contributed by atoms with Crippen LogP contribution >= 0.6 is 0 Å². The normalized spacial score (nSPS) is 20.8. The van der Waals surface area contributed by atoms with Crippen molar-refractivity contribution in [2.45, 2.75) is 51.6 Å². The fraction of sp³-hybridized carbons (Fsp3) is 0.478. The number of fused-ring (bicyclic) bond motifs is 1. The van der Waals surface area contributed by atoms with Crippen molar-refractivity contribution in [2.24, 2.45) is 5.41 Å². The van der Waals surface area contributed by atoms with Crippen LogP contribution in [0.1, 0.15) is 36.9 Å². The van der Waals surface area contributed by atoms with E-state index in [1.165, 1.54) is 22.2 Å². The SMILES string of the molecule is Cc1cc2cccc(CCC3(CCNC=O)CC(Nc4cnn(CCO)c4)C3)c2[nH]1. The quantitative estimate of drug-likeness (QED) is 0.289. The van der Waals surface area contributed by atoms with Crippen LogP contribution in [-0.4, -0.2) is 45.5 Å². The van der Waals surface area contributed by atoms with Crippen molar-refractivity contribution in [3.63, 3.8) is 0 Å². The molecule has 30 heavy (non-hydrogen) atoms. The average Bonchev–Trinajstić information content (AvgIpc) is 3.30. The van der Waals surface area contributed by atoms with Crippen LogP contribution in [0.3, 0.4) is 0 Å². The Hall–Kier alpha value is -2.80. The number of hydrogen-bond donors (Lipinski definition) is 4. The van der Waals surface area contributed by atoms with E-state index in [1.54, 1.807) is 4.68 Å². The number of rotatable bonds is 11. The first kappa shape index (κ1) is 20.5. The van der Waals surface area contributed by atoms with Crippen LogP contribution in [0.2, 0.25) is 0 Å². The van der Waals surface area contributed by atoms with Gasteiger partial charge < -0.3 is 20.7 Å². The summed E-state index contributed by atoms with van der Waals surface area (Å²) in [5.74, 6) is 0. The van der Waals surface area contributed by atoms with Crippen LogP contribution < -0.4 is 10.6 Å². The lowest BCUT2D eigenvalue weighted by Crippen LogP contribution is -2.46. The van der Waals surface area contributed by atoms with Crippen molar-refractivity contribution < 1.29 is 9.90 Å². The molecule has 2 aromatic heterocycles. The average molecular weight is 410 g/mol. The Morgan fingerprint density at radius 3 is 3.03 bits per heavy atom. The maximum absolute atomic E-state index is 10.7. The van der Waals surface area contributed by atoms with Crippen LogP contribution in [0.5, 0.6) is 0 Å². The molecule has 1 amide bonds. The number of amides is 1. The fourth-order valence-corrected chi connectivity index (χ4v) is 4.88. The van der Waals surface area contributed by atoms with Crippen LogP contribution in [0.25, 0.3) is 10.9 Å². The number of aromatic amines is 1. The molecule has 0 aliphatic heterocycles. The summed E-state index contributed by atoms with van der Waals surface area (Å²) in [6.07, 6.45) is 9.84. The molecule has 0 bridgehead atoms. The number of carbonyl (C=O) groups excluding carboxylic acids is 1. The number of aliphatic hydroxyl groups excluding tert-OH is 1. The second kappa shape index (κ2) is 8.92. The van der Waals surface area contributed by atoms with E-state index in [9.17, 15) is 4.79 Å². The summed E-state index contributed by atoms with van der Waals surface area (Å²) in [6, 6.07) is 9.13. The molecule has 0 spiro atoms. The zero-order valence-electron chi connectivity index (χ0n) is 17.5. The second-order valence-electron chi connectivity index (χ2n) is 8.62. The molecule has 2 heterocycles. The summed E-state index contributed by atoms with van der Waals surface area (Å²) in [6.45, 7) is 3.42. The van der Waals surface area contributed by atoms with Gasteiger partial charge in [-0.3, -0.25) is 9.48 Å². The van der Waals surface area contributed by atoms with E-state index in [0.717, 1.165) is 50.7 Å². The van der Waals surface area contributed by atoms with Crippen molar-refractivity contribution in [2.75, 3.05) is 18.5 Å². The molecule has 1 aliphatic rings. The maximum Gasteiger partial charge on any atom is 0.207 e. The molecule has 7 heteroatoms. The van der Waals surface area contributed by atoms with E-state index in [-0.39, 0.29) is 12.0 Å². The van der Waals surface area contributed by atoms with Gasteiger partial charge in [0.1, 0.15) is 0 Å². The first-order chi connectivity index (χ1) is 14.6. The Bertz CT molecular complexity index is 987. The number of para-hydroxylation sites is 1. The molecule has 1 aromatic carbocycles. The van der Waals surface area contributed by atoms with Crippen molar-refractivity contribution in [3.8, 4) is 0 Å². The molecule has 4 N–H and O–H groups in total. The van der Waals surface area contributed by atoms with E-state index in [4.69, 9.17) is 5.11 Å². The van der Waals surface area contributed by atoms with Gasteiger partial charge in [0.25, 0.3) is 0 Å². The largest absolute Gasteiger partial charge is 0.394 e. The van der Waals surface area contributed by atoms with E-state index < -0.39 is 0 Å². The number of aliphatic hydroxyl groups is 1. The summed E-state index contributed by atoms with van der Waals surface area (Å²) >= 11 is 0. The van der Waals surface area contributed by atoms with E-state index in [2.05, 4.69) is 51.9 Å². The van der Waals surface area contributed by atoms with Crippen molar-refractivity contribution in [3.05, 3.63) is 47.9 Å². The van der Waals surface area contributed by atoms with Gasteiger partial charge in [-0.05, 0) is 61.5 Å². The fourth-order valence-electron chi connectivity index (χ4n) is 4.88. The van der Waals surface area contributed by atoms with Crippen molar-refractivity contribution in [1.29, 1.82) is 0 Å². The Morgan fingerprint density at radius 1 is 1.37 bits per heavy atom. The number of hydrogen-bond acceptors (Lipinski definition) is 4. The molecule has 1 aliphatic carbocycles. The van der Waals surface area contributed by atoms with Crippen LogP contribution in [-0.2, 0) is 17.8 Å². The van der Waals surface area contributed by atoms with Gasteiger partial charge in [-0.25, -0.2) is 0 Å². The van der Waals surface area contributed by atoms with E-state index in [1.807, 2.05) is 12.4 Å². The van der Waals surface area contributed by atoms with Gasteiger partial charge in [-0.2, -0.15) is 5.10 Å². The van der Waals surface area contributed by atoms with Crippen LogP contribution in [0.15, 0.2) is 36.7 Å². The zero-order chi connectivity index (χ0) is 21.0. The molecular weight excluding hydrogens is 378 g/mol. The van der Waals surface area contributed by atoms with E-state index in [0.29, 0.717) is 12.6 Å². The second-order valence-corrected chi connectivity index (χ2v) is 8.62. The monoisotopic (exact) mass is 409 g/mol. The molecule has 3 aromatic rings. The Kier molecular flexibility index (Phi) is 6.08. The number of aromatic nitrogens is 3.